The summed E-state index contributed by atoms with van der Waals surface area (Å²) in [5.41, 5.74) is 0. The Morgan fingerprint density at radius 1 is 1.19 bits per heavy atom. The third-order valence-corrected chi connectivity index (χ3v) is 4.89. The summed E-state index contributed by atoms with van der Waals surface area (Å²) in [5.74, 6) is 1.82. The van der Waals surface area contributed by atoms with Crippen LogP contribution in [0.3, 0.4) is 0 Å². The van der Waals surface area contributed by atoms with Crippen LogP contribution in [-0.2, 0) is 9.09 Å². The third-order valence-electron chi connectivity index (χ3n) is 3.00. The molecule has 1 rings (SSSR count). The molecule has 0 N–H and O–H groups in total. The van der Waals surface area contributed by atoms with Crippen LogP contribution in [0.2, 0.25) is 0 Å². The molecule has 0 aromatic carbocycles. The molecule has 0 aromatic heterocycles. The minimum absolute atomic E-state index is 0.00631. The van der Waals surface area contributed by atoms with E-state index in [1.165, 1.54) is 23.9 Å². The molecule has 1 aliphatic rings. The quantitative estimate of drug-likeness (QED) is 0.714. The van der Waals surface area contributed by atoms with E-state index < -0.39 is 7.52 Å². The maximum atomic E-state index is 12.1. The lowest BCUT2D eigenvalue weighted by Gasteiger charge is -2.25. The van der Waals surface area contributed by atoms with Crippen molar-refractivity contribution in [2.75, 3.05) is 14.1 Å². The van der Waals surface area contributed by atoms with Gasteiger partial charge >= 0.3 is 7.52 Å². The zero-order valence-corrected chi connectivity index (χ0v) is 11.1. The molecule has 1 saturated carbocycles. The first kappa shape index (κ1) is 13.7. The molecule has 1 unspecified atom stereocenters. The van der Waals surface area contributed by atoms with Crippen molar-refractivity contribution < 1.29 is 9.09 Å². The fraction of sp³-hybridized carbons (Fsp3) is 0.909. The lowest BCUT2D eigenvalue weighted by atomic mass is 9.99. The lowest BCUT2D eigenvalue weighted by Crippen LogP contribution is -2.18. The van der Waals surface area contributed by atoms with Gasteiger partial charge in [0, 0.05) is 0 Å². The monoisotopic (exact) mass is 244 g/mol. The van der Waals surface area contributed by atoms with E-state index in [2.05, 4.69) is 0 Å². The molecule has 0 radical (unpaired) electrons. The molecule has 92 valence electrons. The minimum Gasteiger partial charge on any atom is -0.304 e. The molecule has 1 fully saturated rings. The molecule has 5 heteroatoms. The first-order valence-electron chi connectivity index (χ1n) is 5.96. The Bertz CT molecular complexity index is 291. The smallest absolute Gasteiger partial charge is 0.304 e. The van der Waals surface area contributed by atoms with Crippen molar-refractivity contribution in [1.29, 1.82) is 5.26 Å². The number of hydrogen-bond donors (Lipinski definition) is 0. The van der Waals surface area contributed by atoms with Gasteiger partial charge in [0.2, 0.25) is 0 Å². The Balaban J connectivity index is 2.56. The Morgan fingerprint density at radius 2 is 1.69 bits per heavy atom. The molecular formula is C11H21N2O2P. The van der Waals surface area contributed by atoms with E-state index in [0.717, 1.165) is 25.7 Å². The average molecular weight is 244 g/mol. The third kappa shape index (κ3) is 3.90. The van der Waals surface area contributed by atoms with E-state index >= 15 is 0 Å². The van der Waals surface area contributed by atoms with Gasteiger partial charge in [-0.15, -0.1) is 0 Å². The summed E-state index contributed by atoms with van der Waals surface area (Å²) in [6.45, 7) is 0. The molecule has 0 bridgehead atoms. The van der Waals surface area contributed by atoms with Crippen LogP contribution in [0, 0.1) is 11.1 Å². The standard InChI is InChI=1S/C11H21N2O2P/c1-13(2)16(14,10-12)15-11-8-6-4-3-5-7-9-11/h11H,3-9H2,1-2H3. The van der Waals surface area contributed by atoms with Gasteiger partial charge in [0.05, 0.1) is 6.10 Å². The molecular weight excluding hydrogens is 223 g/mol. The summed E-state index contributed by atoms with van der Waals surface area (Å²) in [6, 6.07) is 0. The van der Waals surface area contributed by atoms with Crippen molar-refractivity contribution >= 4 is 7.52 Å². The van der Waals surface area contributed by atoms with Gasteiger partial charge in [-0.2, -0.15) is 5.26 Å². The van der Waals surface area contributed by atoms with Crippen molar-refractivity contribution in [1.82, 2.24) is 4.67 Å². The molecule has 1 atom stereocenters. The molecule has 0 aliphatic heterocycles. The van der Waals surface area contributed by atoms with Crippen LogP contribution in [0.15, 0.2) is 0 Å². The summed E-state index contributed by atoms with van der Waals surface area (Å²) in [6.07, 6.45) is 7.81. The highest BCUT2D eigenvalue weighted by molar-refractivity contribution is 7.61. The van der Waals surface area contributed by atoms with Crippen LogP contribution in [0.5, 0.6) is 0 Å². The van der Waals surface area contributed by atoms with Crippen LogP contribution in [0.4, 0.5) is 0 Å². The molecule has 0 amide bonds. The second kappa shape index (κ2) is 6.39. The fourth-order valence-electron chi connectivity index (χ4n) is 1.93. The first-order chi connectivity index (χ1) is 7.58. The number of nitriles is 1. The van der Waals surface area contributed by atoms with Gasteiger partial charge in [-0.1, -0.05) is 32.1 Å². The second-order valence-electron chi connectivity index (χ2n) is 4.54. The Morgan fingerprint density at radius 3 is 2.12 bits per heavy atom. The fourth-order valence-corrected chi connectivity index (χ4v) is 2.96. The van der Waals surface area contributed by atoms with E-state index in [1.807, 2.05) is 5.81 Å². The number of nitrogens with zero attached hydrogens (tertiary/aromatic N) is 2. The summed E-state index contributed by atoms with van der Waals surface area (Å²) < 4.78 is 19.0. The summed E-state index contributed by atoms with van der Waals surface area (Å²) in [4.78, 5) is 0. The second-order valence-corrected chi connectivity index (χ2v) is 6.79. The predicted octanol–water partition coefficient (Wildman–Crippen LogP) is 3.35. The maximum Gasteiger partial charge on any atom is 0.370 e. The summed E-state index contributed by atoms with van der Waals surface area (Å²) in [7, 11) is 0.0285. The van der Waals surface area contributed by atoms with E-state index in [9.17, 15) is 4.57 Å². The van der Waals surface area contributed by atoms with Crippen LogP contribution in [0.25, 0.3) is 0 Å². The minimum atomic E-state index is -3.24. The molecule has 0 aromatic rings. The zero-order chi connectivity index (χ0) is 12.0. The Kier molecular flexibility index (Phi) is 5.48. The number of hydrogen-bond acceptors (Lipinski definition) is 3. The van der Waals surface area contributed by atoms with Crippen LogP contribution >= 0.6 is 7.52 Å². The highest BCUT2D eigenvalue weighted by Gasteiger charge is 2.30. The first-order valence-corrected chi connectivity index (χ1v) is 7.54. The SMILES string of the molecule is CN(C)P(=O)(C#N)OC1CCCCCCC1. The summed E-state index contributed by atoms with van der Waals surface area (Å²) in [5, 5.41) is 8.93. The molecule has 0 saturated heterocycles. The largest absolute Gasteiger partial charge is 0.370 e. The van der Waals surface area contributed by atoms with Crippen molar-refractivity contribution in [3.63, 3.8) is 0 Å². The van der Waals surface area contributed by atoms with E-state index in [0.29, 0.717) is 0 Å². The molecule has 16 heavy (non-hydrogen) atoms. The lowest BCUT2D eigenvalue weighted by molar-refractivity contribution is 0.160. The highest BCUT2D eigenvalue weighted by atomic mass is 31.2. The van der Waals surface area contributed by atoms with Gasteiger partial charge in [-0.3, -0.25) is 4.57 Å². The van der Waals surface area contributed by atoms with Crippen molar-refractivity contribution in [2.45, 2.75) is 51.0 Å². The van der Waals surface area contributed by atoms with Crippen LogP contribution in [0.1, 0.15) is 44.9 Å². The molecule has 0 heterocycles. The van der Waals surface area contributed by atoms with Gasteiger partial charge in [0.15, 0.2) is 5.81 Å². The van der Waals surface area contributed by atoms with E-state index in [1.54, 1.807) is 14.1 Å². The molecule has 4 nitrogen and oxygen atoms in total. The van der Waals surface area contributed by atoms with Crippen LogP contribution in [-0.4, -0.2) is 24.9 Å². The topological polar surface area (TPSA) is 53.3 Å². The Hall–Kier alpha value is -0.360. The van der Waals surface area contributed by atoms with E-state index in [4.69, 9.17) is 9.79 Å². The predicted molar refractivity (Wildman–Crippen MR) is 64.1 cm³/mol. The van der Waals surface area contributed by atoms with Gasteiger partial charge in [0.1, 0.15) is 0 Å². The Labute approximate surface area is 98.1 Å². The maximum absolute atomic E-state index is 12.1. The zero-order valence-electron chi connectivity index (χ0n) is 10.2. The average Bonchev–Trinajstić information content (AvgIpc) is 2.21. The molecule has 0 spiro atoms. The van der Waals surface area contributed by atoms with E-state index in [-0.39, 0.29) is 6.10 Å². The molecule has 1 aliphatic carbocycles. The van der Waals surface area contributed by atoms with Gasteiger partial charge in [-0.05, 0) is 26.9 Å². The van der Waals surface area contributed by atoms with Crippen molar-refractivity contribution in [2.24, 2.45) is 0 Å². The van der Waals surface area contributed by atoms with Gasteiger partial charge in [-0.25, -0.2) is 4.67 Å². The highest BCUT2D eigenvalue weighted by Crippen LogP contribution is 2.49. The number of rotatable bonds is 3. The van der Waals surface area contributed by atoms with Crippen molar-refractivity contribution in [3.05, 3.63) is 0 Å². The van der Waals surface area contributed by atoms with Gasteiger partial charge < -0.3 is 4.52 Å². The van der Waals surface area contributed by atoms with Crippen molar-refractivity contribution in [3.8, 4) is 5.81 Å². The van der Waals surface area contributed by atoms with Crippen LogP contribution < -0.4 is 0 Å². The summed E-state index contributed by atoms with van der Waals surface area (Å²) >= 11 is 0. The normalized spacial score (nSPS) is 23.1. The van der Waals surface area contributed by atoms with Gasteiger partial charge in [0.25, 0.3) is 0 Å².